The van der Waals surface area contributed by atoms with Crippen molar-refractivity contribution in [2.24, 2.45) is 17.8 Å². The van der Waals surface area contributed by atoms with Crippen molar-refractivity contribution in [3.05, 3.63) is 47.5 Å². The number of nitrogens with one attached hydrogen (secondary N) is 1. The Morgan fingerprint density at radius 2 is 1.96 bits per heavy atom. The number of fused-ring (bicyclic) bond motifs is 3. The van der Waals surface area contributed by atoms with Crippen molar-refractivity contribution in [1.29, 1.82) is 0 Å². The van der Waals surface area contributed by atoms with Gasteiger partial charge in [-0.3, -0.25) is 9.59 Å². The molecule has 3 aliphatic rings. The Kier molecular flexibility index (Phi) is 8.56. The fourth-order valence-electron chi connectivity index (χ4n) is 6.55. The molecule has 2 aromatic heterocycles. The fraction of sp³-hybridized carbons (Fsp3) is 0.500. The van der Waals surface area contributed by atoms with E-state index in [0.29, 0.717) is 36.7 Å². The molecule has 2 N–H and O–H groups in total. The fourth-order valence-corrected chi connectivity index (χ4v) is 7.49. The first-order chi connectivity index (χ1) is 21.6. The van der Waals surface area contributed by atoms with Gasteiger partial charge in [0.1, 0.15) is 28.1 Å². The minimum Gasteiger partial charge on any atom is -0.497 e. The molecule has 2 fully saturated rings. The van der Waals surface area contributed by atoms with Crippen LogP contribution in [0.4, 0.5) is 0 Å². The number of methoxy groups -OCH3 is 1. The Bertz CT molecular complexity index is 1650. The quantitative estimate of drug-likeness (QED) is 0.345. The molecular formula is C34H40N4O6S. The monoisotopic (exact) mass is 632 g/mol. The van der Waals surface area contributed by atoms with Gasteiger partial charge in [-0.2, -0.15) is 0 Å². The second kappa shape index (κ2) is 12.4. The number of carbonyl (C=O) groups is 3. The second-order valence-electron chi connectivity index (χ2n) is 12.8. The summed E-state index contributed by atoms with van der Waals surface area (Å²) in [4.78, 5) is 51.2. The van der Waals surface area contributed by atoms with E-state index in [1.807, 2.05) is 41.8 Å². The molecule has 3 aromatic rings. The molecule has 11 heteroatoms. The standard InChI is InChI=1S/C34H40N4O6S/c1-19(2)28-18-45-31(36-28)27-14-20-13-22(43-4)10-11-24(20)30(35-27)44-23-15-25-26(16-23)32(40)38(3)12-8-6-5-7-9-21-17-34(21,33(41)42)37-29(25)39/h7,9-11,13-14,18-19,21,23,25-26H,5-6,8,12,15-17H2,1-4H3,(H,37,39)(H,41,42). The van der Waals surface area contributed by atoms with E-state index in [0.717, 1.165) is 40.7 Å². The first kappa shape index (κ1) is 31.0. The SMILES string of the molecule is COc1ccc2c(OC3CC4C(=O)NC5(C(=O)O)CC5C=CCCCCN(C)C(=O)C4C3)nc(-c3nc(C(C)C)cs3)cc2c1. The molecule has 10 nitrogen and oxygen atoms in total. The number of thiazole rings is 1. The molecule has 2 aliphatic carbocycles. The summed E-state index contributed by atoms with van der Waals surface area (Å²) in [5, 5.41) is 17.4. The number of rotatable bonds is 6. The van der Waals surface area contributed by atoms with Crippen LogP contribution in [0.1, 0.15) is 64.0 Å². The Hall–Kier alpha value is -3.99. The average Bonchev–Trinajstić information content (AvgIpc) is 3.33. The summed E-state index contributed by atoms with van der Waals surface area (Å²) in [7, 11) is 3.39. The number of carbonyl (C=O) groups excluding carboxylic acids is 2. The minimum atomic E-state index is -1.33. The molecule has 45 heavy (non-hydrogen) atoms. The molecular weight excluding hydrogens is 592 g/mol. The number of hydrogen-bond acceptors (Lipinski definition) is 8. The van der Waals surface area contributed by atoms with Gasteiger partial charge in [-0.15, -0.1) is 11.3 Å². The van der Waals surface area contributed by atoms with Crippen LogP contribution >= 0.6 is 11.3 Å². The first-order valence-electron chi connectivity index (χ1n) is 15.7. The van der Waals surface area contributed by atoms with Gasteiger partial charge in [0.05, 0.1) is 24.6 Å². The van der Waals surface area contributed by atoms with Gasteiger partial charge in [0.2, 0.25) is 17.7 Å². The van der Waals surface area contributed by atoms with Gasteiger partial charge in [0.25, 0.3) is 0 Å². The number of allylic oxidation sites excluding steroid dienone is 1. The van der Waals surface area contributed by atoms with Gasteiger partial charge >= 0.3 is 5.97 Å². The topological polar surface area (TPSA) is 131 Å². The predicted molar refractivity (Wildman–Crippen MR) is 171 cm³/mol. The van der Waals surface area contributed by atoms with E-state index in [1.54, 1.807) is 19.1 Å². The van der Waals surface area contributed by atoms with E-state index >= 15 is 0 Å². The van der Waals surface area contributed by atoms with Gasteiger partial charge in [-0.05, 0) is 74.1 Å². The molecule has 0 radical (unpaired) electrons. The number of nitrogens with zero attached hydrogens (tertiary/aromatic N) is 3. The highest BCUT2D eigenvalue weighted by Gasteiger charge is 2.61. The van der Waals surface area contributed by atoms with Crippen molar-refractivity contribution in [2.75, 3.05) is 20.7 Å². The lowest BCUT2D eigenvalue weighted by Crippen LogP contribution is -2.49. The maximum Gasteiger partial charge on any atom is 0.330 e. The summed E-state index contributed by atoms with van der Waals surface area (Å²) in [6.07, 6.45) is 6.88. The lowest BCUT2D eigenvalue weighted by atomic mass is 9.93. The Morgan fingerprint density at radius 3 is 2.69 bits per heavy atom. The molecule has 5 atom stereocenters. The zero-order chi connectivity index (χ0) is 31.9. The number of ether oxygens (including phenoxy) is 2. The summed E-state index contributed by atoms with van der Waals surface area (Å²) in [6, 6.07) is 7.64. The first-order valence-corrected chi connectivity index (χ1v) is 16.6. The van der Waals surface area contributed by atoms with E-state index in [2.05, 4.69) is 19.2 Å². The van der Waals surface area contributed by atoms with Crippen LogP contribution in [0.15, 0.2) is 41.8 Å². The van der Waals surface area contributed by atoms with Crippen molar-refractivity contribution in [2.45, 2.75) is 69.9 Å². The molecule has 1 aliphatic heterocycles. The van der Waals surface area contributed by atoms with Crippen LogP contribution in [0.3, 0.4) is 0 Å². The molecule has 0 bridgehead atoms. The number of carboxylic acids is 1. The number of hydrogen-bond donors (Lipinski definition) is 2. The lowest BCUT2D eigenvalue weighted by molar-refractivity contribution is -0.145. The number of aromatic nitrogens is 2. The second-order valence-corrected chi connectivity index (χ2v) is 13.7. The molecule has 238 valence electrons. The highest BCUT2D eigenvalue weighted by Crippen LogP contribution is 2.46. The molecule has 3 heterocycles. The smallest absolute Gasteiger partial charge is 0.330 e. The van der Waals surface area contributed by atoms with E-state index < -0.39 is 35.4 Å². The lowest BCUT2D eigenvalue weighted by Gasteiger charge is -2.26. The summed E-state index contributed by atoms with van der Waals surface area (Å²) in [5.74, 6) is -1.82. The van der Waals surface area contributed by atoms with Gasteiger partial charge in [-0.1, -0.05) is 26.0 Å². The van der Waals surface area contributed by atoms with Crippen molar-refractivity contribution in [3.8, 4) is 22.3 Å². The van der Waals surface area contributed by atoms with Crippen LogP contribution < -0.4 is 14.8 Å². The van der Waals surface area contributed by atoms with Crippen LogP contribution in [0.25, 0.3) is 21.5 Å². The maximum absolute atomic E-state index is 13.8. The summed E-state index contributed by atoms with van der Waals surface area (Å²) in [5.41, 5.74) is 0.330. The zero-order valence-electron chi connectivity index (χ0n) is 26.1. The third-order valence-corrected chi connectivity index (χ3v) is 10.3. The molecule has 0 saturated heterocycles. The highest BCUT2D eigenvalue weighted by atomic mass is 32.1. The summed E-state index contributed by atoms with van der Waals surface area (Å²) >= 11 is 1.52. The molecule has 0 spiro atoms. The third-order valence-electron chi connectivity index (χ3n) is 9.39. The molecule has 1 aromatic carbocycles. The van der Waals surface area contributed by atoms with Gasteiger partial charge in [-0.25, -0.2) is 14.8 Å². The maximum atomic E-state index is 13.8. The minimum absolute atomic E-state index is 0.120. The number of carboxylic acid groups (broad SMARTS) is 1. The molecule has 5 unspecified atom stereocenters. The summed E-state index contributed by atoms with van der Waals surface area (Å²) < 4.78 is 12.1. The van der Waals surface area contributed by atoms with Crippen molar-refractivity contribution in [3.63, 3.8) is 0 Å². The predicted octanol–water partition coefficient (Wildman–Crippen LogP) is 5.42. The normalized spacial score (nSPS) is 27.1. The van der Waals surface area contributed by atoms with Gasteiger partial charge in [0, 0.05) is 30.3 Å². The van der Waals surface area contributed by atoms with Crippen molar-refractivity contribution < 1.29 is 29.0 Å². The Labute approximate surface area is 266 Å². The van der Waals surface area contributed by atoms with E-state index in [4.69, 9.17) is 19.4 Å². The van der Waals surface area contributed by atoms with Gasteiger partial charge in [0.15, 0.2) is 0 Å². The van der Waals surface area contributed by atoms with E-state index in [1.165, 1.54) is 11.3 Å². The number of pyridine rings is 1. The van der Waals surface area contributed by atoms with E-state index in [9.17, 15) is 19.5 Å². The van der Waals surface area contributed by atoms with Crippen LogP contribution in [0, 0.1) is 17.8 Å². The van der Waals surface area contributed by atoms with Crippen LogP contribution in [-0.2, 0) is 14.4 Å². The Morgan fingerprint density at radius 1 is 1.16 bits per heavy atom. The van der Waals surface area contributed by atoms with E-state index in [-0.39, 0.29) is 24.2 Å². The average molecular weight is 633 g/mol. The van der Waals surface area contributed by atoms with Crippen molar-refractivity contribution in [1.82, 2.24) is 20.2 Å². The molecule has 2 amide bonds. The number of benzene rings is 1. The number of aliphatic carboxylic acids is 1. The number of amides is 2. The molecule has 2 saturated carbocycles. The largest absolute Gasteiger partial charge is 0.497 e. The van der Waals surface area contributed by atoms with Crippen LogP contribution in [0.5, 0.6) is 11.6 Å². The van der Waals surface area contributed by atoms with Crippen molar-refractivity contribution >= 4 is 39.9 Å². The molecule has 6 rings (SSSR count). The summed E-state index contributed by atoms with van der Waals surface area (Å²) in [6.45, 7) is 4.79. The van der Waals surface area contributed by atoms with Crippen LogP contribution in [-0.4, -0.2) is 70.1 Å². The van der Waals surface area contributed by atoms with Gasteiger partial charge < -0.3 is 24.8 Å². The third kappa shape index (κ3) is 6.14. The zero-order valence-corrected chi connectivity index (χ0v) is 26.9. The Balaban J connectivity index is 1.33. The van der Waals surface area contributed by atoms with Crippen LogP contribution in [0.2, 0.25) is 0 Å². The highest BCUT2D eigenvalue weighted by molar-refractivity contribution is 7.13.